The summed E-state index contributed by atoms with van der Waals surface area (Å²) in [6.45, 7) is 5.24. The molecule has 0 atom stereocenters. The number of ketones is 1. The van der Waals surface area contributed by atoms with Crippen molar-refractivity contribution in [2.24, 2.45) is 0 Å². The fraction of sp³-hybridized carbons (Fsp3) is 0.308. The molecular weight excluding hydrogens is 374 g/mol. The van der Waals surface area contributed by atoms with Crippen molar-refractivity contribution in [1.82, 2.24) is 4.90 Å². The Morgan fingerprint density at radius 2 is 1.70 bits per heavy atom. The van der Waals surface area contributed by atoms with Gasteiger partial charge in [0, 0.05) is 31.5 Å². The molecule has 152 valence electrons. The van der Waals surface area contributed by atoms with Gasteiger partial charge in [-0.3, -0.25) is 9.59 Å². The third kappa shape index (κ3) is 2.98. The highest BCUT2D eigenvalue weighted by Gasteiger charge is 2.44. The quantitative estimate of drug-likeness (QED) is 0.572. The van der Waals surface area contributed by atoms with Crippen molar-refractivity contribution in [2.45, 2.75) is 38.7 Å². The fourth-order valence-electron chi connectivity index (χ4n) is 4.76. The van der Waals surface area contributed by atoms with Gasteiger partial charge in [-0.15, -0.1) is 0 Å². The van der Waals surface area contributed by atoms with Gasteiger partial charge in [0.2, 0.25) is 0 Å². The molecule has 0 aliphatic carbocycles. The molecule has 4 heteroatoms. The Balaban J connectivity index is 1.38. The number of piperidine rings is 1. The Morgan fingerprint density at radius 3 is 2.50 bits per heavy atom. The number of carbonyl (C=O) groups is 2. The second kappa shape index (κ2) is 6.98. The van der Waals surface area contributed by atoms with E-state index >= 15 is 0 Å². The van der Waals surface area contributed by atoms with Gasteiger partial charge in [0.25, 0.3) is 5.91 Å². The van der Waals surface area contributed by atoms with Crippen molar-refractivity contribution in [3.05, 3.63) is 76.9 Å². The summed E-state index contributed by atoms with van der Waals surface area (Å²) in [6.07, 6.45) is 1.73. The smallest absolute Gasteiger partial charge is 0.254 e. The molecule has 0 saturated carbocycles. The molecule has 1 spiro atoms. The van der Waals surface area contributed by atoms with Crippen molar-refractivity contribution >= 4 is 22.5 Å². The number of ether oxygens (including phenoxy) is 1. The van der Waals surface area contributed by atoms with Crippen molar-refractivity contribution in [2.75, 3.05) is 13.1 Å². The van der Waals surface area contributed by atoms with Crippen LogP contribution in [-0.4, -0.2) is 35.3 Å². The largest absolute Gasteiger partial charge is 0.486 e. The molecule has 0 N–H and O–H groups in total. The molecule has 0 bridgehead atoms. The zero-order chi connectivity index (χ0) is 20.9. The molecule has 0 unspecified atom stereocenters. The SMILES string of the molecule is Cc1ccc2c(c1C)OC1(CCN(C(=O)c3cccc4ccccc34)CC1)CC2=O. The third-order valence-electron chi connectivity index (χ3n) is 6.76. The number of likely N-dealkylation sites (tertiary alicyclic amines) is 1. The average Bonchev–Trinajstić information content (AvgIpc) is 2.76. The van der Waals surface area contributed by atoms with Crippen LogP contribution in [0.3, 0.4) is 0 Å². The summed E-state index contributed by atoms with van der Waals surface area (Å²) >= 11 is 0. The lowest BCUT2D eigenvalue weighted by Gasteiger charge is -2.44. The standard InChI is InChI=1S/C26H25NO3/c1-17-10-11-22-23(28)16-26(30-24(22)18(17)2)12-14-27(15-13-26)25(29)21-9-5-7-19-6-3-4-8-20(19)21/h3-11H,12-16H2,1-2H3. The molecule has 1 saturated heterocycles. The number of fused-ring (bicyclic) bond motifs is 2. The highest BCUT2D eigenvalue weighted by molar-refractivity contribution is 6.07. The number of hydrogen-bond acceptors (Lipinski definition) is 3. The molecule has 5 rings (SSSR count). The maximum Gasteiger partial charge on any atom is 0.254 e. The predicted molar refractivity (Wildman–Crippen MR) is 117 cm³/mol. The Bertz CT molecular complexity index is 1170. The third-order valence-corrected chi connectivity index (χ3v) is 6.76. The van der Waals surface area contributed by atoms with E-state index in [0.29, 0.717) is 37.9 Å². The van der Waals surface area contributed by atoms with Crippen LogP contribution in [0.25, 0.3) is 10.8 Å². The first-order valence-corrected chi connectivity index (χ1v) is 10.6. The highest BCUT2D eigenvalue weighted by Crippen LogP contribution is 2.42. The number of rotatable bonds is 1. The van der Waals surface area contributed by atoms with Crippen LogP contribution < -0.4 is 4.74 Å². The van der Waals surface area contributed by atoms with Crippen molar-refractivity contribution < 1.29 is 14.3 Å². The molecule has 3 aromatic rings. The minimum Gasteiger partial charge on any atom is -0.486 e. The number of hydrogen-bond donors (Lipinski definition) is 0. The highest BCUT2D eigenvalue weighted by atomic mass is 16.5. The molecule has 2 aliphatic rings. The molecule has 1 fully saturated rings. The van der Waals surface area contributed by atoms with Crippen LogP contribution in [0, 0.1) is 13.8 Å². The van der Waals surface area contributed by atoms with Crippen LogP contribution in [0.4, 0.5) is 0 Å². The Labute approximate surface area is 176 Å². The van der Waals surface area contributed by atoms with Gasteiger partial charge >= 0.3 is 0 Å². The van der Waals surface area contributed by atoms with E-state index in [1.165, 1.54) is 0 Å². The first kappa shape index (κ1) is 18.9. The summed E-state index contributed by atoms with van der Waals surface area (Å²) in [4.78, 5) is 28.0. The van der Waals surface area contributed by atoms with Gasteiger partial charge in [-0.05, 0) is 47.9 Å². The van der Waals surface area contributed by atoms with Crippen molar-refractivity contribution in [3.63, 3.8) is 0 Å². The average molecular weight is 399 g/mol. The van der Waals surface area contributed by atoms with Gasteiger partial charge in [0.05, 0.1) is 12.0 Å². The summed E-state index contributed by atoms with van der Waals surface area (Å²) in [6, 6.07) is 17.7. The number of nitrogens with zero attached hydrogens (tertiary/aromatic N) is 1. The van der Waals surface area contributed by atoms with Crippen LogP contribution >= 0.6 is 0 Å². The van der Waals surface area contributed by atoms with Gasteiger partial charge in [-0.25, -0.2) is 0 Å². The van der Waals surface area contributed by atoms with Gasteiger partial charge in [0.1, 0.15) is 11.4 Å². The second-order valence-corrected chi connectivity index (χ2v) is 8.59. The molecule has 0 aromatic heterocycles. The lowest BCUT2D eigenvalue weighted by atomic mass is 9.81. The van der Waals surface area contributed by atoms with Gasteiger partial charge in [0.15, 0.2) is 5.78 Å². The number of amides is 1. The van der Waals surface area contributed by atoms with Gasteiger partial charge in [-0.1, -0.05) is 42.5 Å². The normalized spacial score (nSPS) is 17.7. The van der Waals surface area contributed by atoms with Crippen molar-refractivity contribution in [3.8, 4) is 5.75 Å². The van der Waals surface area contributed by atoms with Crippen LogP contribution in [0.15, 0.2) is 54.6 Å². The molecule has 3 aromatic carbocycles. The Hall–Kier alpha value is -3.14. The van der Waals surface area contributed by atoms with E-state index in [2.05, 4.69) is 0 Å². The van der Waals surface area contributed by atoms with E-state index in [9.17, 15) is 9.59 Å². The fourth-order valence-corrected chi connectivity index (χ4v) is 4.76. The number of benzene rings is 3. The van der Waals surface area contributed by atoms with Crippen molar-refractivity contribution in [1.29, 1.82) is 0 Å². The van der Waals surface area contributed by atoms with Crippen LogP contribution in [-0.2, 0) is 0 Å². The van der Waals surface area contributed by atoms with E-state index in [1.54, 1.807) is 0 Å². The molecular formula is C26H25NO3. The van der Waals surface area contributed by atoms with Crippen LogP contribution in [0.1, 0.15) is 51.1 Å². The lowest BCUT2D eigenvalue weighted by molar-refractivity contribution is -0.00615. The Kier molecular flexibility index (Phi) is 4.39. The minimum absolute atomic E-state index is 0.0520. The van der Waals surface area contributed by atoms with E-state index in [-0.39, 0.29) is 11.7 Å². The van der Waals surface area contributed by atoms with Gasteiger partial charge in [-0.2, -0.15) is 0 Å². The second-order valence-electron chi connectivity index (χ2n) is 8.59. The first-order valence-electron chi connectivity index (χ1n) is 10.6. The number of carbonyl (C=O) groups excluding carboxylic acids is 2. The molecule has 2 heterocycles. The number of Topliss-reactive ketones (excluding diaryl/α,β-unsaturated/α-hetero) is 1. The molecule has 0 radical (unpaired) electrons. The zero-order valence-corrected chi connectivity index (χ0v) is 17.4. The maximum absolute atomic E-state index is 13.3. The minimum atomic E-state index is -0.502. The van der Waals surface area contributed by atoms with E-state index in [1.807, 2.05) is 73.3 Å². The Morgan fingerprint density at radius 1 is 0.967 bits per heavy atom. The summed E-state index contributed by atoms with van der Waals surface area (Å²) in [7, 11) is 0. The maximum atomic E-state index is 13.3. The molecule has 30 heavy (non-hydrogen) atoms. The molecule has 1 amide bonds. The monoisotopic (exact) mass is 399 g/mol. The van der Waals surface area contributed by atoms with E-state index in [0.717, 1.165) is 33.2 Å². The topological polar surface area (TPSA) is 46.6 Å². The van der Waals surface area contributed by atoms with Gasteiger partial charge < -0.3 is 9.64 Å². The molecule has 2 aliphatic heterocycles. The van der Waals surface area contributed by atoms with Crippen LogP contribution in [0.5, 0.6) is 5.75 Å². The lowest BCUT2D eigenvalue weighted by Crippen LogP contribution is -2.52. The zero-order valence-electron chi connectivity index (χ0n) is 17.4. The summed E-state index contributed by atoms with van der Waals surface area (Å²) in [5.74, 6) is 0.935. The first-order chi connectivity index (χ1) is 14.5. The number of aryl methyl sites for hydroxylation is 1. The predicted octanol–water partition coefficient (Wildman–Crippen LogP) is 5.10. The summed E-state index contributed by atoms with van der Waals surface area (Å²) < 4.78 is 6.49. The summed E-state index contributed by atoms with van der Waals surface area (Å²) in [5, 5.41) is 2.05. The van der Waals surface area contributed by atoms with E-state index < -0.39 is 5.60 Å². The van der Waals surface area contributed by atoms with Crippen LogP contribution in [0.2, 0.25) is 0 Å². The molecule has 4 nitrogen and oxygen atoms in total. The summed E-state index contributed by atoms with van der Waals surface area (Å²) in [5.41, 5.74) is 3.09. The van der Waals surface area contributed by atoms with E-state index in [4.69, 9.17) is 4.74 Å².